The van der Waals surface area contributed by atoms with Crippen molar-refractivity contribution in [2.75, 3.05) is 6.54 Å². The summed E-state index contributed by atoms with van der Waals surface area (Å²) in [5, 5.41) is 25.1. The molecule has 13 N–H and O–H groups in total. The lowest BCUT2D eigenvalue weighted by Gasteiger charge is -2.27. The maximum Gasteiger partial charge on any atom is 0.326 e. The number of carbonyl (C=O) groups is 6. The van der Waals surface area contributed by atoms with Crippen molar-refractivity contribution in [3.05, 3.63) is 0 Å². The lowest BCUT2D eigenvalue weighted by molar-refractivity contribution is -0.143. The number of hydrogen-bond donors (Lipinski definition) is 9. The minimum atomic E-state index is -1.55. The van der Waals surface area contributed by atoms with Crippen LogP contribution in [0.1, 0.15) is 46.0 Å². The van der Waals surface area contributed by atoms with Crippen molar-refractivity contribution in [1.29, 1.82) is 0 Å². The van der Waals surface area contributed by atoms with Gasteiger partial charge in [-0.25, -0.2) is 4.79 Å². The molecule has 0 aliphatic rings. The average Bonchev–Trinajstić information content (AvgIpc) is 2.76. The summed E-state index contributed by atoms with van der Waals surface area (Å²) in [7, 11) is 0. The van der Waals surface area contributed by atoms with Gasteiger partial charge in [0.2, 0.25) is 23.6 Å². The number of guanidine groups is 1. The SMILES string of the molecule is CCC(C)C(NC(=O)C(CC(N)=O)NC(=O)C(N)CC(=O)O)C(=O)NC(CCCN=C(N)N)C(=O)O. The summed E-state index contributed by atoms with van der Waals surface area (Å²) in [4.78, 5) is 75.5. The highest BCUT2D eigenvalue weighted by Gasteiger charge is 2.33. The summed E-state index contributed by atoms with van der Waals surface area (Å²) >= 11 is 0. The van der Waals surface area contributed by atoms with Crippen molar-refractivity contribution in [3.8, 4) is 0 Å². The van der Waals surface area contributed by atoms with Gasteiger partial charge in [0.15, 0.2) is 5.96 Å². The first-order chi connectivity index (χ1) is 16.7. The molecule has 16 nitrogen and oxygen atoms in total. The molecule has 0 aliphatic carbocycles. The molecule has 0 aromatic heterocycles. The molecule has 16 heteroatoms. The Kier molecular flexibility index (Phi) is 14.1. The van der Waals surface area contributed by atoms with Gasteiger partial charge in [0.25, 0.3) is 0 Å². The molecule has 0 fully saturated rings. The zero-order valence-corrected chi connectivity index (χ0v) is 20.2. The quantitative estimate of drug-likeness (QED) is 0.0514. The molecule has 0 aliphatic heterocycles. The van der Waals surface area contributed by atoms with Crippen molar-refractivity contribution in [2.45, 2.75) is 70.1 Å². The lowest BCUT2D eigenvalue weighted by atomic mass is 9.97. The number of carboxylic acid groups (broad SMARTS) is 2. The molecule has 5 unspecified atom stereocenters. The minimum absolute atomic E-state index is 0.000842. The van der Waals surface area contributed by atoms with Crippen LogP contribution in [0.5, 0.6) is 0 Å². The van der Waals surface area contributed by atoms with E-state index in [2.05, 4.69) is 20.9 Å². The lowest BCUT2D eigenvalue weighted by Crippen LogP contribution is -2.59. The van der Waals surface area contributed by atoms with Gasteiger partial charge >= 0.3 is 11.9 Å². The van der Waals surface area contributed by atoms with E-state index in [0.29, 0.717) is 6.42 Å². The van der Waals surface area contributed by atoms with Crippen LogP contribution in [0.25, 0.3) is 0 Å². The average molecular weight is 517 g/mol. The molecule has 0 saturated carbocycles. The molecular formula is C20H36N8O8. The Hall–Kier alpha value is -3.95. The second-order valence-corrected chi connectivity index (χ2v) is 8.16. The highest BCUT2D eigenvalue weighted by Crippen LogP contribution is 2.10. The Morgan fingerprint density at radius 3 is 1.92 bits per heavy atom. The van der Waals surface area contributed by atoms with Crippen LogP contribution in [0.3, 0.4) is 0 Å². The minimum Gasteiger partial charge on any atom is -0.481 e. The van der Waals surface area contributed by atoms with Crippen molar-refractivity contribution in [3.63, 3.8) is 0 Å². The van der Waals surface area contributed by atoms with E-state index in [9.17, 15) is 33.9 Å². The Balaban J connectivity index is 5.54. The fourth-order valence-electron chi connectivity index (χ4n) is 2.95. The number of nitrogens with zero attached hydrogens (tertiary/aromatic N) is 1. The van der Waals surface area contributed by atoms with Gasteiger partial charge in [0, 0.05) is 6.54 Å². The van der Waals surface area contributed by atoms with E-state index < -0.39 is 78.5 Å². The summed E-state index contributed by atoms with van der Waals surface area (Å²) in [6, 6.07) is -5.59. The van der Waals surface area contributed by atoms with Gasteiger partial charge in [-0.1, -0.05) is 20.3 Å². The molecule has 5 atom stereocenters. The fraction of sp³-hybridized carbons (Fsp3) is 0.650. The Morgan fingerprint density at radius 2 is 1.44 bits per heavy atom. The van der Waals surface area contributed by atoms with Gasteiger partial charge in [-0.15, -0.1) is 0 Å². The molecule has 0 bridgehead atoms. The molecule has 0 heterocycles. The monoisotopic (exact) mass is 516 g/mol. The van der Waals surface area contributed by atoms with E-state index >= 15 is 0 Å². The molecule has 0 rings (SSSR count). The molecule has 0 spiro atoms. The third-order valence-electron chi connectivity index (χ3n) is 5.12. The molecule has 4 amide bonds. The van der Waals surface area contributed by atoms with E-state index in [1.165, 1.54) is 0 Å². The van der Waals surface area contributed by atoms with Gasteiger partial charge < -0.3 is 49.1 Å². The molecule has 0 aromatic rings. The third-order valence-corrected chi connectivity index (χ3v) is 5.12. The number of hydrogen-bond acceptors (Lipinski definition) is 8. The van der Waals surface area contributed by atoms with Crippen LogP contribution in [0.4, 0.5) is 0 Å². The van der Waals surface area contributed by atoms with Crippen LogP contribution in [0.2, 0.25) is 0 Å². The van der Waals surface area contributed by atoms with E-state index in [1.54, 1.807) is 13.8 Å². The van der Waals surface area contributed by atoms with E-state index in [0.717, 1.165) is 0 Å². The Labute approximate surface area is 207 Å². The molecule has 0 aromatic carbocycles. The Morgan fingerprint density at radius 1 is 0.861 bits per heavy atom. The highest BCUT2D eigenvalue weighted by atomic mass is 16.4. The summed E-state index contributed by atoms with van der Waals surface area (Å²) in [5.41, 5.74) is 21.1. The number of aliphatic imine (C=N–C) groups is 1. The normalized spacial score (nSPS) is 14.8. The molecule has 0 radical (unpaired) electrons. The highest BCUT2D eigenvalue weighted by molar-refractivity contribution is 5.96. The van der Waals surface area contributed by atoms with Crippen LogP contribution < -0.4 is 38.9 Å². The van der Waals surface area contributed by atoms with Crippen molar-refractivity contribution >= 4 is 41.5 Å². The van der Waals surface area contributed by atoms with E-state index in [-0.39, 0.29) is 25.3 Å². The van der Waals surface area contributed by atoms with Crippen LogP contribution in [0.15, 0.2) is 4.99 Å². The molecule has 204 valence electrons. The summed E-state index contributed by atoms with van der Waals surface area (Å²) in [6.07, 6.45) is -0.736. The number of primary amides is 1. The first-order valence-corrected chi connectivity index (χ1v) is 11.1. The first-order valence-electron chi connectivity index (χ1n) is 11.1. The van der Waals surface area contributed by atoms with E-state index in [1.807, 2.05) is 0 Å². The number of amides is 4. The van der Waals surface area contributed by atoms with Gasteiger partial charge in [-0.3, -0.25) is 29.0 Å². The molecular weight excluding hydrogens is 480 g/mol. The largest absolute Gasteiger partial charge is 0.481 e. The van der Waals surface area contributed by atoms with Crippen LogP contribution in [-0.2, 0) is 28.8 Å². The summed E-state index contributed by atoms with van der Waals surface area (Å²) in [5.74, 6) is -7.06. The van der Waals surface area contributed by atoms with Crippen LogP contribution in [0, 0.1) is 5.92 Å². The van der Waals surface area contributed by atoms with Gasteiger partial charge in [-0.05, 0) is 18.8 Å². The van der Waals surface area contributed by atoms with E-state index in [4.69, 9.17) is 28.0 Å². The number of nitrogens with one attached hydrogen (secondary N) is 3. The van der Waals surface area contributed by atoms with Crippen molar-refractivity contribution in [2.24, 2.45) is 33.8 Å². The fourth-order valence-corrected chi connectivity index (χ4v) is 2.95. The zero-order chi connectivity index (χ0) is 28.0. The van der Waals surface area contributed by atoms with Gasteiger partial charge in [0.05, 0.1) is 18.9 Å². The van der Waals surface area contributed by atoms with Crippen LogP contribution >= 0.6 is 0 Å². The summed E-state index contributed by atoms with van der Waals surface area (Å²) in [6.45, 7) is 3.50. The van der Waals surface area contributed by atoms with Gasteiger partial charge in [0.1, 0.15) is 18.1 Å². The number of rotatable bonds is 17. The predicted molar refractivity (Wildman–Crippen MR) is 127 cm³/mol. The molecule has 36 heavy (non-hydrogen) atoms. The predicted octanol–water partition coefficient (Wildman–Crippen LogP) is -3.70. The number of carboxylic acids is 2. The standard InChI is InChI=1S/C20H36N8O8/c1-3-9(2)15(18(34)26-11(19(35)36)5-4-6-25-20(23)24)28-17(33)12(8-13(22)29)27-16(32)10(21)7-14(30)31/h9-12,15H,3-8,21H2,1-2H3,(H2,22,29)(H,26,34)(H,27,32)(H,28,33)(H,30,31)(H,35,36)(H4,23,24,25). The second-order valence-electron chi connectivity index (χ2n) is 8.16. The second kappa shape index (κ2) is 15.9. The topological polar surface area (TPSA) is 295 Å². The van der Waals surface area contributed by atoms with Crippen molar-refractivity contribution in [1.82, 2.24) is 16.0 Å². The smallest absolute Gasteiger partial charge is 0.326 e. The maximum absolute atomic E-state index is 12.9. The zero-order valence-electron chi connectivity index (χ0n) is 20.2. The van der Waals surface area contributed by atoms with Crippen molar-refractivity contribution < 1.29 is 39.0 Å². The number of aliphatic carboxylic acids is 2. The van der Waals surface area contributed by atoms with Gasteiger partial charge in [-0.2, -0.15) is 0 Å². The Bertz CT molecular complexity index is 846. The first kappa shape index (κ1) is 32.0. The molecule has 0 saturated heterocycles. The number of carbonyl (C=O) groups excluding carboxylic acids is 4. The number of nitrogens with two attached hydrogens (primary N) is 4. The third kappa shape index (κ3) is 12.5. The maximum atomic E-state index is 12.9. The van der Waals surface area contributed by atoms with Crippen LogP contribution in [-0.4, -0.2) is 82.5 Å². The summed E-state index contributed by atoms with van der Waals surface area (Å²) < 4.78 is 0.